The van der Waals surface area contributed by atoms with Crippen LogP contribution in [0.3, 0.4) is 0 Å². The normalized spacial score (nSPS) is 12.0. The van der Waals surface area contributed by atoms with Crippen LogP contribution in [0.4, 0.5) is 0 Å². The Morgan fingerprint density at radius 3 is 2.39 bits per heavy atom. The Balaban J connectivity index is 2.88. The van der Waals surface area contributed by atoms with Crippen LogP contribution in [0.25, 0.3) is 0 Å². The van der Waals surface area contributed by atoms with E-state index in [1.807, 2.05) is 0 Å². The number of sulfone groups is 1. The lowest BCUT2D eigenvalue weighted by Crippen LogP contribution is -2.32. The van der Waals surface area contributed by atoms with Gasteiger partial charge < -0.3 is 10.4 Å². The minimum Gasteiger partial charge on any atom is -0.481 e. The monoisotopic (exact) mass is 341 g/mol. The number of aliphatic carboxylic acids is 1. The summed E-state index contributed by atoms with van der Waals surface area (Å²) < 4.78 is 24.4. The minimum atomic E-state index is -3.51. The SMILES string of the molecule is CCCS(=O)(=O)c1ccccc1C(=O)NCCC(C)(C)C(=O)O. The standard InChI is InChI=1S/C16H23NO5S/c1-4-11-23(21,22)13-8-6-5-7-12(13)14(18)17-10-9-16(2,3)15(19)20/h5-8H,4,9-11H2,1-3H3,(H,17,18)(H,19,20). The van der Waals surface area contributed by atoms with Crippen molar-refractivity contribution in [2.45, 2.75) is 38.5 Å². The largest absolute Gasteiger partial charge is 0.481 e. The van der Waals surface area contributed by atoms with E-state index in [2.05, 4.69) is 5.32 Å². The Kier molecular flexibility index (Phi) is 6.32. The number of hydrogen-bond donors (Lipinski definition) is 2. The number of nitrogens with one attached hydrogen (secondary N) is 1. The van der Waals surface area contributed by atoms with Crippen molar-refractivity contribution >= 4 is 21.7 Å². The fraction of sp³-hybridized carbons (Fsp3) is 0.500. The molecule has 128 valence electrons. The number of amides is 1. The van der Waals surface area contributed by atoms with Gasteiger partial charge in [0.2, 0.25) is 0 Å². The predicted octanol–water partition coefficient (Wildman–Crippen LogP) is 2.10. The summed E-state index contributed by atoms with van der Waals surface area (Å²) in [5, 5.41) is 11.6. The second-order valence-electron chi connectivity index (χ2n) is 6.01. The van der Waals surface area contributed by atoms with Crippen LogP contribution in [-0.2, 0) is 14.6 Å². The molecule has 1 rings (SSSR count). The number of carboxylic acid groups (broad SMARTS) is 1. The Bertz CT molecular complexity index is 679. The van der Waals surface area contributed by atoms with Gasteiger partial charge in [0.1, 0.15) is 0 Å². The van der Waals surface area contributed by atoms with Crippen molar-refractivity contribution in [3.05, 3.63) is 29.8 Å². The Morgan fingerprint density at radius 2 is 1.83 bits per heavy atom. The van der Waals surface area contributed by atoms with E-state index in [0.29, 0.717) is 6.42 Å². The lowest BCUT2D eigenvalue weighted by molar-refractivity contribution is -0.147. The summed E-state index contributed by atoms with van der Waals surface area (Å²) in [6.07, 6.45) is 0.711. The van der Waals surface area contributed by atoms with Gasteiger partial charge in [0.25, 0.3) is 5.91 Å². The average molecular weight is 341 g/mol. The maximum atomic E-state index is 12.2. The van der Waals surface area contributed by atoms with Crippen LogP contribution in [0.15, 0.2) is 29.2 Å². The van der Waals surface area contributed by atoms with Gasteiger partial charge in [-0.25, -0.2) is 8.42 Å². The summed E-state index contributed by atoms with van der Waals surface area (Å²) in [5.41, 5.74) is -0.866. The van der Waals surface area contributed by atoms with Gasteiger partial charge in [-0.1, -0.05) is 19.1 Å². The third-order valence-electron chi connectivity index (χ3n) is 3.55. The van der Waals surface area contributed by atoms with E-state index in [1.165, 1.54) is 12.1 Å². The Morgan fingerprint density at radius 1 is 1.22 bits per heavy atom. The first kappa shape index (κ1) is 19.2. The molecule has 7 heteroatoms. The quantitative estimate of drug-likeness (QED) is 0.754. The molecule has 0 aliphatic heterocycles. The van der Waals surface area contributed by atoms with Crippen molar-refractivity contribution in [3.63, 3.8) is 0 Å². The summed E-state index contributed by atoms with van der Waals surface area (Å²) in [6, 6.07) is 6.05. The third kappa shape index (κ3) is 5.06. The Hall–Kier alpha value is -1.89. The lowest BCUT2D eigenvalue weighted by Gasteiger charge is -2.19. The molecule has 0 fully saturated rings. The molecule has 6 nitrogen and oxygen atoms in total. The van der Waals surface area contributed by atoms with E-state index in [-0.39, 0.29) is 29.2 Å². The van der Waals surface area contributed by atoms with Crippen molar-refractivity contribution in [2.24, 2.45) is 5.41 Å². The van der Waals surface area contributed by atoms with Gasteiger partial charge in [-0.3, -0.25) is 9.59 Å². The first-order valence-electron chi connectivity index (χ1n) is 7.45. The highest BCUT2D eigenvalue weighted by Crippen LogP contribution is 2.20. The molecule has 0 aromatic heterocycles. The molecule has 1 amide bonds. The zero-order valence-electron chi connectivity index (χ0n) is 13.6. The zero-order chi connectivity index (χ0) is 17.7. The van der Waals surface area contributed by atoms with Crippen molar-refractivity contribution in [2.75, 3.05) is 12.3 Å². The highest BCUT2D eigenvalue weighted by atomic mass is 32.2. The maximum Gasteiger partial charge on any atom is 0.309 e. The van der Waals surface area contributed by atoms with Gasteiger partial charge in [-0.05, 0) is 38.8 Å². The molecule has 0 saturated carbocycles. The van der Waals surface area contributed by atoms with Gasteiger partial charge in [-0.2, -0.15) is 0 Å². The predicted molar refractivity (Wildman–Crippen MR) is 87.2 cm³/mol. The molecule has 2 N–H and O–H groups in total. The molecular formula is C16H23NO5S. The zero-order valence-corrected chi connectivity index (χ0v) is 14.4. The highest BCUT2D eigenvalue weighted by molar-refractivity contribution is 7.91. The number of carboxylic acids is 1. The number of benzene rings is 1. The molecule has 0 saturated heterocycles. The maximum absolute atomic E-state index is 12.2. The van der Waals surface area contributed by atoms with Gasteiger partial charge >= 0.3 is 5.97 Å². The third-order valence-corrected chi connectivity index (χ3v) is 5.53. The van der Waals surface area contributed by atoms with Crippen LogP contribution >= 0.6 is 0 Å². The fourth-order valence-electron chi connectivity index (χ4n) is 1.99. The average Bonchev–Trinajstić information content (AvgIpc) is 2.46. The van der Waals surface area contributed by atoms with Crippen LogP contribution in [0.5, 0.6) is 0 Å². The smallest absolute Gasteiger partial charge is 0.309 e. The second-order valence-corrected chi connectivity index (χ2v) is 8.09. The topological polar surface area (TPSA) is 101 Å². The molecule has 1 aromatic rings. The van der Waals surface area contributed by atoms with E-state index >= 15 is 0 Å². The van der Waals surface area contributed by atoms with Crippen molar-refractivity contribution in [1.82, 2.24) is 5.32 Å². The lowest BCUT2D eigenvalue weighted by atomic mass is 9.90. The van der Waals surface area contributed by atoms with Crippen molar-refractivity contribution in [1.29, 1.82) is 0 Å². The first-order valence-corrected chi connectivity index (χ1v) is 9.10. The van der Waals surface area contributed by atoms with Crippen LogP contribution in [-0.4, -0.2) is 37.7 Å². The number of hydrogen-bond acceptors (Lipinski definition) is 4. The van der Waals surface area contributed by atoms with Crippen LogP contribution < -0.4 is 5.32 Å². The van der Waals surface area contributed by atoms with Gasteiger partial charge in [0.05, 0.1) is 21.6 Å². The molecule has 0 bridgehead atoms. The van der Waals surface area contributed by atoms with Crippen LogP contribution in [0.2, 0.25) is 0 Å². The van der Waals surface area contributed by atoms with Crippen molar-refractivity contribution in [3.8, 4) is 0 Å². The molecule has 23 heavy (non-hydrogen) atoms. The highest BCUT2D eigenvalue weighted by Gasteiger charge is 2.27. The summed E-state index contributed by atoms with van der Waals surface area (Å²) in [6.45, 7) is 5.05. The van der Waals surface area contributed by atoms with Crippen molar-refractivity contribution < 1.29 is 23.1 Å². The summed E-state index contributed by atoms with van der Waals surface area (Å²) in [5.74, 6) is -1.48. The molecule has 0 aliphatic rings. The molecular weight excluding hydrogens is 318 g/mol. The van der Waals surface area contributed by atoms with E-state index in [0.717, 1.165) is 0 Å². The summed E-state index contributed by atoms with van der Waals surface area (Å²) in [7, 11) is -3.51. The molecule has 1 aromatic carbocycles. The molecule has 0 atom stereocenters. The van der Waals surface area contributed by atoms with Crippen LogP contribution in [0.1, 0.15) is 44.0 Å². The summed E-state index contributed by atoms with van der Waals surface area (Å²) >= 11 is 0. The van der Waals surface area contributed by atoms with Gasteiger partial charge in [0, 0.05) is 6.54 Å². The van der Waals surface area contributed by atoms with Gasteiger partial charge in [0.15, 0.2) is 9.84 Å². The van der Waals surface area contributed by atoms with E-state index in [4.69, 9.17) is 5.11 Å². The van der Waals surface area contributed by atoms with Gasteiger partial charge in [-0.15, -0.1) is 0 Å². The number of carbonyl (C=O) groups is 2. The number of rotatable bonds is 8. The van der Waals surface area contributed by atoms with E-state index in [1.54, 1.807) is 32.9 Å². The fourth-order valence-corrected chi connectivity index (χ4v) is 3.53. The molecule has 0 unspecified atom stereocenters. The molecule has 0 aliphatic carbocycles. The molecule has 0 heterocycles. The molecule has 0 radical (unpaired) electrons. The Labute approximate surface area is 136 Å². The van der Waals surface area contributed by atoms with E-state index in [9.17, 15) is 18.0 Å². The second kappa shape index (κ2) is 7.59. The molecule has 0 spiro atoms. The summed E-state index contributed by atoms with van der Waals surface area (Å²) in [4.78, 5) is 23.3. The first-order chi connectivity index (χ1) is 10.6. The van der Waals surface area contributed by atoms with Crippen LogP contribution in [0, 0.1) is 5.41 Å². The number of carbonyl (C=O) groups excluding carboxylic acids is 1. The minimum absolute atomic E-state index is 0.0110. The van der Waals surface area contributed by atoms with E-state index < -0.39 is 27.1 Å².